The normalized spacial score (nSPS) is 14.4. The van der Waals surface area contributed by atoms with Crippen LogP contribution >= 0.6 is 11.6 Å². The lowest BCUT2D eigenvalue weighted by molar-refractivity contribution is 0.0997. The Morgan fingerprint density at radius 3 is 2.63 bits per heavy atom. The van der Waals surface area contributed by atoms with Gasteiger partial charge in [-0.3, -0.25) is 4.79 Å². The van der Waals surface area contributed by atoms with E-state index in [2.05, 4.69) is 52.4 Å². The van der Waals surface area contributed by atoms with Crippen molar-refractivity contribution in [3.8, 4) is 23.2 Å². The molecule has 1 aliphatic heterocycles. The summed E-state index contributed by atoms with van der Waals surface area (Å²) < 4.78 is 5.37. The molecular weight excluding hydrogens is 464 g/mol. The van der Waals surface area contributed by atoms with Gasteiger partial charge in [0.1, 0.15) is 5.56 Å². The monoisotopic (exact) mass is 490 g/mol. The van der Waals surface area contributed by atoms with Crippen molar-refractivity contribution in [2.45, 2.75) is 25.7 Å². The molecular formula is C26H27ClN6O2. The molecule has 0 radical (unpaired) electrons. The van der Waals surface area contributed by atoms with Crippen molar-refractivity contribution in [3.63, 3.8) is 0 Å². The van der Waals surface area contributed by atoms with Gasteiger partial charge in [-0.05, 0) is 81.2 Å². The van der Waals surface area contributed by atoms with Crippen LogP contribution in [-0.2, 0) is 0 Å². The summed E-state index contributed by atoms with van der Waals surface area (Å²) in [5, 5.41) is 13.1. The lowest BCUT2D eigenvalue weighted by Gasteiger charge is -2.30. The van der Waals surface area contributed by atoms with Crippen molar-refractivity contribution in [2.75, 3.05) is 32.6 Å². The number of piperidine rings is 1. The van der Waals surface area contributed by atoms with E-state index in [1.165, 1.54) is 18.2 Å². The highest BCUT2D eigenvalue weighted by Crippen LogP contribution is 2.37. The van der Waals surface area contributed by atoms with Crippen molar-refractivity contribution in [2.24, 2.45) is 5.73 Å². The number of aryl methyl sites for hydroxylation is 1. The largest absolute Gasteiger partial charge is 0.480 e. The Morgan fingerprint density at radius 1 is 1.26 bits per heavy atom. The molecule has 0 atom stereocenters. The number of ether oxygens (including phenoxy) is 1. The number of carbonyl (C=O) groups is 1. The molecule has 1 saturated heterocycles. The predicted molar refractivity (Wildman–Crippen MR) is 136 cm³/mol. The maximum Gasteiger partial charge on any atom is 0.256 e. The minimum atomic E-state index is -0.787. The molecule has 35 heavy (non-hydrogen) atoms. The van der Waals surface area contributed by atoms with Crippen molar-refractivity contribution >= 4 is 29.1 Å². The zero-order valence-corrected chi connectivity index (χ0v) is 20.7. The number of nitrogens with zero attached hydrogens (tertiary/aromatic N) is 4. The zero-order chi connectivity index (χ0) is 25.1. The van der Waals surface area contributed by atoms with E-state index < -0.39 is 5.91 Å². The standard InChI is InChI=1S/C26H27ClN6O2/c1-15-13-18(7-8-19(15)16-9-11-33(2)12-10-16)30-26-31-23(22(24(29)34)25(32-26)35-3)21-17(14-28)5-4-6-20(21)27/h4-8,13,16H,9-12H2,1-3H3,(H2,29,34)(H,30,31,32). The van der Waals surface area contributed by atoms with Gasteiger partial charge >= 0.3 is 0 Å². The van der Waals surface area contributed by atoms with E-state index in [1.54, 1.807) is 18.2 Å². The van der Waals surface area contributed by atoms with Crippen molar-refractivity contribution in [1.29, 1.82) is 5.26 Å². The van der Waals surface area contributed by atoms with Crippen LogP contribution in [0.3, 0.4) is 0 Å². The number of anilines is 2. The average Bonchev–Trinajstić information content (AvgIpc) is 2.84. The van der Waals surface area contributed by atoms with Crippen LogP contribution in [0, 0.1) is 18.3 Å². The number of likely N-dealkylation sites (tertiary alicyclic amines) is 1. The summed E-state index contributed by atoms with van der Waals surface area (Å²) in [6.07, 6.45) is 2.28. The van der Waals surface area contributed by atoms with Gasteiger partial charge in [0.05, 0.1) is 29.5 Å². The summed E-state index contributed by atoms with van der Waals surface area (Å²) in [6, 6.07) is 13.2. The van der Waals surface area contributed by atoms with Gasteiger partial charge in [-0.2, -0.15) is 10.2 Å². The molecule has 2 aromatic carbocycles. The summed E-state index contributed by atoms with van der Waals surface area (Å²) in [4.78, 5) is 23.6. The molecule has 2 heterocycles. The van der Waals surface area contributed by atoms with Crippen molar-refractivity contribution in [1.82, 2.24) is 14.9 Å². The number of halogens is 1. The lowest BCUT2D eigenvalue weighted by atomic mass is 9.87. The molecule has 0 bridgehead atoms. The van der Waals surface area contributed by atoms with Crippen LogP contribution in [0.4, 0.5) is 11.6 Å². The van der Waals surface area contributed by atoms with Gasteiger partial charge in [-0.1, -0.05) is 23.7 Å². The first kappa shape index (κ1) is 24.5. The molecule has 1 aliphatic rings. The highest BCUT2D eigenvalue weighted by molar-refractivity contribution is 6.33. The summed E-state index contributed by atoms with van der Waals surface area (Å²) >= 11 is 6.42. The highest BCUT2D eigenvalue weighted by atomic mass is 35.5. The molecule has 0 spiro atoms. The first-order valence-electron chi connectivity index (χ1n) is 11.3. The number of nitrogens with two attached hydrogens (primary N) is 1. The van der Waals surface area contributed by atoms with E-state index in [9.17, 15) is 10.1 Å². The molecule has 3 N–H and O–H groups in total. The molecule has 4 rings (SSSR count). The average molecular weight is 491 g/mol. The van der Waals surface area contributed by atoms with E-state index in [0.29, 0.717) is 11.5 Å². The summed E-state index contributed by atoms with van der Waals surface area (Å²) in [6.45, 7) is 4.30. The quantitative estimate of drug-likeness (QED) is 0.516. The third-order valence-electron chi connectivity index (χ3n) is 6.37. The molecule has 0 unspecified atom stereocenters. The molecule has 0 saturated carbocycles. The van der Waals surface area contributed by atoms with Crippen LogP contribution in [0.1, 0.15) is 45.8 Å². The van der Waals surface area contributed by atoms with Crippen LogP contribution in [0.25, 0.3) is 11.3 Å². The van der Waals surface area contributed by atoms with Gasteiger partial charge in [0.2, 0.25) is 11.8 Å². The number of hydrogen-bond donors (Lipinski definition) is 2. The lowest BCUT2D eigenvalue weighted by Crippen LogP contribution is -2.29. The number of rotatable bonds is 6. The van der Waals surface area contributed by atoms with Crippen LogP contribution in [-0.4, -0.2) is 48.0 Å². The number of methoxy groups -OCH3 is 1. The number of carbonyl (C=O) groups excluding carboxylic acids is 1. The molecule has 8 nitrogen and oxygen atoms in total. The molecule has 180 valence electrons. The fraction of sp³-hybridized carbons (Fsp3) is 0.308. The number of benzene rings is 2. The van der Waals surface area contributed by atoms with Gasteiger partial charge in [0.25, 0.3) is 5.91 Å². The number of aromatic nitrogens is 2. The van der Waals surface area contributed by atoms with Crippen LogP contribution in [0.15, 0.2) is 36.4 Å². The van der Waals surface area contributed by atoms with E-state index in [1.807, 2.05) is 6.07 Å². The Kier molecular flexibility index (Phi) is 7.20. The Balaban J connectivity index is 1.74. The number of nitriles is 1. The molecule has 9 heteroatoms. The predicted octanol–water partition coefficient (Wildman–Crippen LogP) is 4.64. The first-order valence-corrected chi connectivity index (χ1v) is 11.7. The number of amides is 1. The SMILES string of the molecule is COc1nc(Nc2ccc(C3CCN(C)CC3)c(C)c2)nc(-c2c(Cl)cccc2C#N)c1C(N)=O. The van der Waals surface area contributed by atoms with E-state index in [-0.39, 0.29) is 33.7 Å². The van der Waals surface area contributed by atoms with E-state index >= 15 is 0 Å². The minimum absolute atomic E-state index is 0.00604. The summed E-state index contributed by atoms with van der Waals surface area (Å²) in [7, 11) is 3.55. The minimum Gasteiger partial charge on any atom is -0.480 e. The maximum absolute atomic E-state index is 12.3. The third-order valence-corrected chi connectivity index (χ3v) is 6.69. The molecule has 1 fully saturated rings. The fourth-order valence-corrected chi connectivity index (χ4v) is 4.83. The second-order valence-electron chi connectivity index (χ2n) is 8.69. The second-order valence-corrected chi connectivity index (χ2v) is 9.10. The topological polar surface area (TPSA) is 117 Å². The zero-order valence-electron chi connectivity index (χ0n) is 19.9. The summed E-state index contributed by atoms with van der Waals surface area (Å²) in [5.74, 6) is -0.0567. The molecule has 1 amide bonds. The number of primary amides is 1. The summed E-state index contributed by atoms with van der Waals surface area (Å²) in [5.41, 5.74) is 9.60. The van der Waals surface area contributed by atoms with E-state index in [0.717, 1.165) is 31.6 Å². The van der Waals surface area contributed by atoms with Gasteiger partial charge < -0.3 is 20.7 Å². The van der Waals surface area contributed by atoms with Gasteiger partial charge in [0, 0.05) is 11.3 Å². The van der Waals surface area contributed by atoms with E-state index in [4.69, 9.17) is 22.1 Å². The Labute approximate surface area is 209 Å². The first-order chi connectivity index (χ1) is 16.8. The number of nitrogens with one attached hydrogen (secondary N) is 1. The second kappa shape index (κ2) is 10.3. The van der Waals surface area contributed by atoms with Gasteiger partial charge in [0.15, 0.2) is 0 Å². The molecule has 1 aromatic heterocycles. The van der Waals surface area contributed by atoms with Crippen LogP contribution in [0.5, 0.6) is 5.88 Å². The molecule has 3 aromatic rings. The Morgan fingerprint density at radius 2 is 2.00 bits per heavy atom. The highest BCUT2D eigenvalue weighted by Gasteiger charge is 2.25. The third kappa shape index (κ3) is 5.06. The van der Waals surface area contributed by atoms with Crippen molar-refractivity contribution in [3.05, 3.63) is 63.7 Å². The Hall–Kier alpha value is -3.67. The van der Waals surface area contributed by atoms with Crippen molar-refractivity contribution < 1.29 is 9.53 Å². The fourth-order valence-electron chi connectivity index (χ4n) is 4.56. The van der Waals surface area contributed by atoms with Gasteiger partial charge in [-0.25, -0.2) is 4.98 Å². The number of hydrogen-bond acceptors (Lipinski definition) is 7. The maximum atomic E-state index is 12.3. The van der Waals surface area contributed by atoms with Crippen LogP contribution in [0.2, 0.25) is 5.02 Å². The smallest absolute Gasteiger partial charge is 0.256 e. The molecule has 0 aliphatic carbocycles. The Bertz CT molecular complexity index is 1310. The van der Waals surface area contributed by atoms with Gasteiger partial charge in [-0.15, -0.1) is 0 Å². The van der Waals surface area contributed by atoms with Crippen LogP contribution < -0.4 is 15.8 Å².